The number of hydrogen-bond acceptors (Lipinski definition) is 5. The molecule has 0 atom stereocenters. The van der Waals surface area contributed by atoms with E-state index in [0.29, 0.717) is 22.8 Å². The number of aldehydes is 2. The third kappa shape index (κ3) is 4.64. The Kier molecular flexibility index (Phi) is 5.52. The number of aliphatic imine (C=N–C) groups is 2. The SMILES string of the molecule is O=Cc1ccc(C=Nc2cccc(/N=C/c3ccc(C=O)cc3)n2)cc1. The Morgan fingerprint density at radius 1 is 0.577 bits per heavy atom. The quantitative estimate of drug-likeness (QED) is 0.498. The van der Waals surface area contributed by atoms with Crippen LogP contribution in [0.4, 0.5) is 11.6 Å². The molecule has 2 aromatic carbocycles. The van der Waals surface area contributed by atoms with E-state index in [1.807, 2.05) is 30.3 Å². The van der Waals surface area contributed by atoms with E-state index in [9.17, 15) is 9.59 Å². The second-order valence-electron chi connectivity index (χ2n) is 5.44. The van der Waals surface area contributed by atoms with Crippen LogP contribution in [0, 0.1) is 0 Å². The number of rotatable bonds is 6. The fourth-order valence-corrected chi connectivity index (χ4v) is 2.16. The molecule has 26 heavy (non-hydrogen) atoms. The normalized spacial score (nSPS) is 11.1. The van der Waals surface area contributed by atoms with Gasteiger partial charge in [-0.3, -0.25) is 9.59 Å². The van der Waals surface area contributed by atoms with Gasteiger partial charge in [0.1, 0.15) is 12.6 Å². The van der Waals surface area contributed by atoms with Crippen LogP contribution in [-0.2, 0) is 0 Å². The van der Waals surface area contributed by atoms with Crippen LogP contribution in [0.3, 0.4) is 0 Å². The van der Waals surface area contributed by atoms with Crippen LogP contribution in [0.2, 0.25) is 0 Å². The average Bonchev–Trinajstić information content (AvgIpc) is 2.72. The maximum atomic E-state index is 10.7. The fourth-order valence-electron chi connectivity index (χ4n) is 2.16. The summed E-state index contributed by atoms with van der Waals surface area (Å²) < 4.78 is 0. The predicted molar refractivity (Wildman–Crippen MR) is 102 cm³/mol. The van der Waals surface area contributed by atoms with Crippen molar-refractivity contribution < 1.29 is 9.59 Å². The Labute approximate surface area is 150 Å². The van der Waals surface area contributed by atoms with Crippen molar-refractivity contribution >= 4 is 36.6 Å². The van der Waals surface area contributed by atoms with E-state index in [0.717, 1.165) is 23.7 Å². The van der Waals surface area contributed by atoms with Crippen LogP contribution in [0.1, 0.15) is 31.8 Å². The molecule has 3 rings (SSSR count). The summed E-state index contributed by atoms with van der Waals surface area (Å²) in [6.45, 7) is 0. The zero-order valence-electron chi connectivity index (χ0n) is 13.8. The summed E-state index contributed by atoms with van der Waals surface area (Å²) in [4.78, 5) is 34.3. The average molecular weight is 341 g/mol. The summed E-state index contributed by atoms with van der Waals surface area (Å²) in [5.41, 5.74) is 3.00. The lowest BCUT2D eigenvalue weighted by Gasteiger charge is -1.97. The van der Waals surface area contributed by atoms with E-state index in [-0.39, 0.29) is 0 Å². The third-order valence-electron chi connectivity index (χ3n) is 3.56. The van der Waals surface area contributed by atoms with Crippen molar-refractivity contribution in [3.63, 3.8) is 0 Å². The predicted octanol–water partition coefficient (Wildman–Crippen LogP) is 4.21. The van der Waals surface area contributed by atoms with Gasteiger partial charge in [0.05, 0.1) is 0 Å². The van der Waals surface area contributed by atoms with Crippen LogP contribution in [0.25, 0.3) is 0 Å². The summed E-state index contributed by atoms with van der Waals surface area (Å²) in [6, 6.07) is 19.6. The van der Waals surface area contributed by atoms with Gasteiger partial charge >= 0.3 is 0 Å². The number of carbonyl (C=O) groups excluding carboxylic acids is 2. The second kappa shape index (κ2) is 8.39. The maximum Gasteiger partial charge on any atom is 0.154 e. The van der Waals surface area contributed by atoms with Gasteiger partial charge < -0.3 is 0 Å². The third-order valence-corrected chi connectivity index (χ3v) is 3.56. The summed E-state index contributed by atoms with van der Waals surface area (Å²) in [5, 5.41) is 0. The Bertz CT molecular complexity index is 883. The van der Waals surface area contributed by atoms with Crippen molar-refractivity contribution in [3.8, 4) is 0 Å². The number of pyridine rings is 1. The zero-order chi connectivity index (χ0) is 18.2. The first kappa shape index (κ1) is 17.1. The lowest BCUT2D eigenvalue weighted by atomic mass is 10.2. The van der Waals surface area contributed by atoms with E-state index in [4.69, 9.17) is 0 Å². The highest BCUT2D eigenvalue weighted by molar-refractivity contribution is 5.85. The lowest BCUT2D eigenvalue weighted by Crippen LogP contribution is -1.85. The van der Waals surface area contributed by atoms with Crippen LogP contribution in [-0.4, -0.2) is 30.0 Å². The minimum Gasteiger partial charge on any atom is -0.298 e. The summed E-state index contributed by atoms with van der Waals surface area (Å²) in [6.07, 6.45) is 4.97. The van der Waals surface area contributed by atoms with E-state index in [1.54, 1.807) is 48.8 Å². The van der Waals surface area contributed by atoms with E-state index < -0.39 is 0 Å². The van der Waals surface area contributed by atoms with Gasteiger partial charge in [-0.2, -0.15) is 0 Å². The number of aromatic nitrogens is 1. The van der Waals surface area contributed by atoms with Gasteiger partial charge in [-0.15, -0.1) is 0 Å². The second-order valence-corrected chi connectivity index (χ2v) is 5.44. The standard InChI is InChI=1S/C21H15N3O2/c25-14-18-8-4-16(5-9-18)12-22-20-2-1-3-21(24-20)23-13-17-6-10-19(15-26)11-7-17/h1-15H/b22-12+,23-13?. The first-order valence-electron chi connectivity index (χ1n) is 7.92. The smallest absolute Gasteiger partial charge is 0.154 e. The molecule has 0 aliphatic carbocycles. The van der Waals surface area contributed by atoms with Gasteiger partial charge in [0.25, 0.3) is 0 Å². The van der Waals surface area contributed by atoms with E-state index in [1.165, 1.54) is 0 Å². The molecule has 1 heterocycles. The van der Waals surface area contributed by atoms with Gasteiger partial charge in [-0.05, 0) is 23.3 Å². The maximum absolute atomic E-state index is 10.7. The Hall–Kier alpha value is -3.73. The van der Waals surface area contributed by atoms with Gasteiger partial charge in [-0.1, -0.05) is 54.6 Å². The molecule has 0 fully saturated rings. The highest BCUT2D eigenvalue weighted by atomic mass is 16.1. The molecule has 0 amide bonds. The van der Waals surface area contributed by atoms with Gasteiger partial charge in [0, 0.05) is 23.6 Å². The molecule has 3 aromatic rings. The molecule has 0 aliphatic heterocycles. The summed E-state index contributed by atoms with van der Waals surface area (Å²) in [5.74, 6) is 1.07. The van der Waals surface area contributed by atoms with E-state index >= 15 is 0 Å². The summed E-state index contributed by atoms with van der Waals surface area (Å²) >= 11 is 0. The largest absolute Gasteiger partial charge is 0.298 e. The highest BCUT2D eigenvalue weighted by Gasteiger charge is 1.96. The van der Waals surface area contributed by atoms with Crippen molar-refractivity contribution in [3.05, 3.63) is 89.0 Å². The minimum absolute atomic E-state index is 0.537. The van der Waals surface area contributed by atoms with Crippen LogP contribution in [0.5, 0.6) is 0 Å². The molecule has 5 nitrogen and oxygen atoms in total. The minimum atomic E-state index is 0.537. The van der Waals surface area contributed by atoms with E-state index in [2.05, 4.69) is 15.0 Å². The first-order valence-corrected chi connectivity index (χ1v) is 7.92. The molecule has 0 radical (unpaired) electrons. The molecule has 0 saturated carbocycles. The summed E-state index contributed by atoms with van der Waals surface area (Å²) in [7, 11) is 0. The Morgan fingerprint density at radius 3 is 1.35 bits per heavy atom. The van der Waals surface area contributed by atoms with Gasteiger partial charge in [0.2, 0.25) is 0 Å². The van der Waals surface area contributed by atoms with Crippen LogP contribution in [0.15, 0.2) is 76.7 Å². The topological polar surface area (TPSA) is 71.8 Å². The fraction of sp³-hybridized carbons (Fsp3) is 0. The first-order chi connectivity index (χ1) is 12.8. The molecule has 0 unspecified atom stereocenters. The number of carbonyl (C=O) groups is 2. The zero-order valence-corrected chi connectivity index (χ0v) is 13.8. The molecular weight excluding hydrogens is 326 g/mol. The molecule has 0 bridgehead atoms. The molecule has 0 saturated heterocycles. The van der Waals surface area contributed by atoms with Crippen LogP contribution < -0.4 is 0 Å². The molecule has 0 N–H and O–H groups in total. The molecule has 0 spiro atoms. The van der Waals surface area contributed by atoms with Crippen molar-refractivity contribution in [1.29, 1.82) is 0 Å². The Morgan fingerprint density at radius 2 is 0.962 bits per heavy atom. The van der Waals surface area contributed by atoms with Crippen molar-refractivity contribution in [2.24, 2.45) is 9.98 Å². The molecule has 126 valence electrons. The number of hydrogen-bond donors (Lipinski definition) is 0. The number of benzene rings is 2. The molecule has 0 aliphatic rings. The van der Waals surface area contributed by atoms with Gasteiger partial charge in [-0.25, -0.2) is 15.0 Å². The Balaban J connectivity index is 1.72. The molecule has 1 aromatic heterocycles. The molecule has 5 heteroatoms. The van der Waals surface area contributed by atoms with Crippen molar-refractivity contribution in [1.82, 2.24) is 4.98 Å². The van der Waals surface area contributed by atoms with Gasteiger partial charge in [0.15, 0.2) is 11.6 Å². The van der Waals surface area contributed by atoms with Crippen molar-refractivity contribution in [2.45, 2.75) is 0 Å². The van der Waals surface area contributed by atoms with Crippen LogP contribution >= 0.6 is 0 Å². The van der Waals surface area contributed by atoms with Crippen molar-refractivity contribution in [2.75, 3.05) is 0 Å². The number of nitrogens with zero attached hydrogens (tertiary/aromatic N) is 3. The molecular formula is C21H15N3O2. The monoisotopic (exact) mass is 341 g/mol. The highest BCUT2D eigenvalue weighted by Crippen LogP contribution is 2.15. The lowest BCUT2D eigenvalue weighted by molar-refractivity contribution is 0.111.